The number of rotatable bonds is 4. The lowest BCUT2D eigenvalue weighted by Crippen LogP contribution is -2.01. The summed E-state index contributed by atoms with van der Waals surface area (Å²) in [6.45, 7) is 16.2. The Morgan fingerprint density at radius 3 is 1.51 bits per heavy atom. The van der Waals surface area contributed by atoms with Gasteiger partial charge in [0.05, 0.1) is 57.6 Å². The third-order valence-corrected chi connectivity index (χ3v) is 11.1. The summed E-state index contributed by atoms with van der Waals surface area (Å²) in [6.07, 6.45) is 0. The first-order valence-corrected chi connectivity index (χ1v) is 18.3. The van der Waals surface area contributed by atoms with Crippen LogP contribution in [0.25, 0.3) is 103 Å². The summed E-state index contributed by atoms with van der Waals surface area (Å²) < 4.78 is 6.96. The standard InChI is InChI=1S/C50H29N5/c1-51-32-26-29-48-41(30-32)39-18-7-12-24-47(39)55(48)49-25-13-19-40-38-17-6-8-20-43(38)53(50(40)49)33-27-28-34(42(31-33)52-2)35-14-3-9-21-44(35)54-45-22-10-4-15-36(45)37-16-5-11-23-46(37)54/h3-31H. The number of benzene rings is 8. The van der Waals surface area contributed by atoms with E-state index in [1.807, 2.05) is 18.2 Å². The Balaban J connectivity index is 1.17. The van der Waals surface area contributed by atoms with Gasteiger partial charge in [0, 0.05) is 32.6 Å². The molecule has 0 amide bonds. The van der Waals surface area contributed by atoms with Crippen molar-refractivity contribution in [3.63, 3.8) is 0 Å². The van der Waals surface area contributed by atoms with Gasteiger partial charge in [0.25, 0.3) is 0 Å². The molecule has 0 unspecified atom stereocenters. The maximum atomic E-state index is 8.54. The first kappa shape index (κ1) is 30.7. The van der Waals surface area contributed by atoms with E-state index in [2.05, 4.69) is 181 Å². The first-order valence-electron chi connectivity index (χ1n) is 18.3. The molecule has 11 rings (SSSR count). The molecular formula is C50H29N5. The molecule has 8 aromatic carbocycles. The highest BCUT2D eigenvalue weighted by Gasteiger charge is 2.22. The molecule has 0 aliphatic rings. The maximum Gasteiger partial charge on any atom is 0.197 e. The molecule has 0 radical (unpaired) electrons. The van der Waals surface area contributed by atoms with Gasteiger partial charge >= 0.3 is 0 Å². The average molecular weight is 700 g/mol. The van der Waals surface area contributed by atoms with Crippen molar-refractivity contribution in [2.24, 2.45) is 0 Å². The fourth-order valence-corrected chi connectivity index (χ4v) is 8.80. The first-order chi connectivity index (χ1) is 27.2. The predicted molar refractivity (Wildman–Crippen MR) is 227 cm³/mol. The van der Waals surface area contributed by atoms with E-state index in [-0.39, 0.29) is 0 Å². The molecule has 0 saturated heterocycles. The molecular weight excluding hydrogens is 671 g/mol. The number of aromatic nitrogens is 3. The van der Waals surface area contributed by atoms with Crippen LogP contribution in [0, 0.1) is 13.1 Å². The molecule has 0 fully saturated rings. The zero-order chi connectivity index (χ0) is 36.6. The van der Waals surface area contributed by atoms with Crippen molar-refractivity contribution < 1.29 is 0 Å². The van der Waals surface area contributed by atoms with Crippen LogP contribution in [-0.2, 0) is 0 Å². The van der Waals surface area contributed by atoms with Gasteiger partial charge in [-0.05, 0) is 77.2 Å². The van der Waals surface area contributed by atoms with Crippen LogP contribution in [-0.4, -0.2) is 13.7 Å². The van der Waals surface area contributed by atoms with Gasteiger partial charge in [-0.1, -0.05) is 115 Å². The fourth-order valence-electron chi connectivity index (χ4n) is 8.80. The molecule has 3 aromatic heterocycles. The van der Waals surface area contributed by atoms with Crippen LogP contribution in [0.3, 0.4) is 0 Å². The van der Waals surface area contributed by atoms with Gasteiger partial charge in [0.15, 0.2) is 11.4 Å². The van der Waals surface area contributed by atoms with Gasteiger partial charge in [-0.3, -0.25) is 0 Å². The Morgan fingerprint density at radius 1 is 0.345 bits per heavy atom. The molecule has 0 aliphatic carbocycles. The second kappa shape index (κ2) is 11.8. The van der Waals surface area contributed by atoms with Gasteiger partial charge in [-0.2, -0.15) is 0 Å². The summed E-state index contributed by atoms with van der Waals surface area (Å²) in [6, 6.07) is 61.2. The van der Waals surface area contributed by atoms with Gasteiger partial charge in [-0.25, -0.2) is 9.69 Å². The van der Waals surface area contributed by atoms with E-state index < -0.39 is 0 Å². The van der Waals surface area contributed by atoms with Gasteiger partial charge < -0.3 is 13.7 Å². The van der Waals surface area contributed by atoms with Crippen molar-refractivity contribution in [2.75, 3.05) is 0 Å². The summed E-state index contributed by atoms with van der Waals surface area (Å²) in [5, 5.41) is 6.81. The highest BCUT2D eigenvalue weighted by Crippen LogP contribution is 2.43. The molecule has 3 heterocycles. The summed E-state index contributed by atoms with van der Waals surface area (Å²) in [7, 11) is 0. The monoisotopic (exact) mass is 699 g/mol. The summed E-state index contributed by atoms with van der Waals surface area (Å²) in [4.78, 5) is 7.94. The van der Waals surface area contributed by atoms with Crippen LogP contribution < -0.4 is 0 Å². The van der Waals surface area contributed by atoms with E-state index >= 15 is 0 Å². The molecule has 0 aliphatic heterocycles. The highest BCUT2D eigenvalue weighted by molar-refractivity contribution is 6.16. The molecule has 254 valence electrons. The Kier molecular flexibility index (Phi) is 6.61. The van der Waals surface area contributed by atoms with Crippen LogP contribution in [0.15, 0.2) is 176 Å². The van der Waals surface area contributed by atoms with Gasteiger partial charge in [-0.15, -0.1) is 0 Å². The Labute approximate surface area is 316 Å². The second-order valence-electron chi connectivity index (χ2n) is 13.9. The molecule has 0 atom stereocenters. The Morgan fingerprint density at radius 2 is 0.855 bits per heavy atom. The Bertz CT molecular complexity index is 3420. The number of hydrogen-bond donors (Lipinski definition) is 0. The van der Waals surface area contributed by atoms with E-state index in [0.29, 0.717) is 11.4 Å². The largest absolute Gasteiger partial charge is 0.309 e. The van der Waals surface area contributed by atoms with Crippen molar-refractivity contribution >= 4 is 76.8 Å². The predicted octanol–water partition coefficient (Wildman–Crippen LogP) is 13.7. The molecule has 5 nitrogen and oxygen atoms in total. The molecule has 5 heteroatoms. The van der Waals surface area contributed by atoms with Crippen LogP contribution in [0.4, 0.5) is 11.4 Å². The minimum absolute atomic E-state index is 0.581. The van der Waals surface area contributed by atoms with E-state index in [0.717, 1.165) is 82.8 Å². The number of para-hydroxylation sites is 6. The zero-order valence-electron chi connectivity index (χ0n) is 29.5. The van der Waals surface area contributed by atoms with Crippen LogP contribution in [0.1, 0.15) is 0 Å². The van der Waals surface area contributed by atoms with E-state index in [1.54, 1.807) is 0 Å². The van der Waals surface area contributed by atoms with Crippen LogP contribution in [0.2, 0.25) is 0 Å². The van der Waals surface area contributed by atoms with Crippen LogP contribution >= 0.6 is 0 Å². The summed E-state index contributed by atoms with van der Waals surface area (Å²) in [5.41, 5.74) is 12.5. The van der Waals surface area contributed by atoms with Crippen molar-refractivity contribution in [3.8, 4) is 28.2 Å². The Hall–Kier alpha value is -7.86. The fraction of sp³-hybridized carbons (Fsp3) is 0. The zero-order valence-corrected chi connectivity index (χ0v) is 29.5. The molecule has 11 aromatic rings. The third-order valence-electron chi connectivity index (χ3n) is 11.1. The van der Waals surface area contributed by atoms with Crippen molar-refractivity contribution in [1.29, 1.82) is 0 Å². The van der Waals surface area contributed by atoms with Crippen molar-refractivity contribution in [1.82, 2.24) is 13.7 Å². The van der Waals surface area contributed by atoms with Crippen LogP contribution in [0.5, 0.6) is 0 Å². The molecule has 0 spiro atoms. The lowest BCUT2D eigenvalue weighted by Gasteiger charge is -2.17. The summed E-state index contributed by atoms with van der Waals surface area (Å²) in [5.74, 6) is 0. The smallest absolute Gasteiger partial charge is 0.197 e. The lowest BCUT2D eigenvalue weighted by molar-refractivity contribution is 1.13. The SMILES string of the molecule is [C-]#[N+]c1ccc2c(c1)c1ccccc1n2-c1cccc2c3ccccc3n(-c3ccc(-c4ccccc4-n4c5ccccc5c5ccccc54)c([N+]#[C-])c3)c12. The maximum absolute atomic E-state index is 8.54. The summed E-state index contributed by atoms with van der Waals surface area (Å²) >= 11 is 0. The topological polar surface area (TPSA) is 23.5 Å². The van der Waals surface area contributed by atoms with E-state index in [1.165, 1.54) is 10.8 Å². The normalized spacial score (nSPS) is 11.6. The quantitative estimate of drug-likeness (QED) is 0.163. The second-order valence-corrected chi connectivity index (χ2v) is 13.9. The average Bonchev–Trinajstić information content (AvgIpc) is 3.89. The molecule has 0 bridgehead atoms. The van der Waals surface area contributed by atoms with E-state index in [4.69, 9.17) is 13.1 Å². The minimum atomic E-state index is 0.581. The van der Waals surface area contributed by atoms with Gasteiger partial charge in [0.2, 0.25) is 0 Å². The molecule has 0 saturated carbocycles. The van der Waals surface area contributed by atoms with Crippen molar-refractivity contribution in [3.05, 3.63) is 199 Å². The van der Waals surface area contributed by atoms with Gasteiger partial charge in [0.1, 0.15) is 0 Å². The lowest BCUT2D eigenvalue weighted by atomic mass is 10.0. The molecule has 55 heavy (non-hydrogen) atoms. The number of hydrogen-bond acceptors (Lipinski definition) is 0. The number of fused-ring (bicyclic) bond motifs is 9. The highest BCUT2D eigenvalue weighted by atomic mass is 15.1. The number of nitrogens with zero attached hydrogens (tertiary/aromatic N) is 5. The minimum Gasteiger partial charge on any atom is -0.309 e. The van der Waals surface area contributed by atoms with E-state index in [9.17, 15) is 0 Å². The third kappa shape index (κ3) is 4.39. The van der Waals surface area contributed by atoms with Crippen molar-refractivity contribution in [2.45, 2.75) is 0 Å². The molecule has 0 N–H and O–H groups in total.